The molecule has 0 bridgehead atoms. The highest BCUT2D eigenvalue weighted by atomic mass is 16.5. The van der Waals surface area contributed by atoms with Crippen molar-refractivity contribution in [3.05, 3.63) is 59.7 Å². The fourth-order valence-electron chi connectivity index (χ4n) is 3.31. The van der Waals surface area contributed by atoms with Crippen LogP contribution in [0.5, 0.6) is 11.5 Å². The van der Waals surface area contributed by atoms with Gasteiger partial charge in [0.05, 0.1) is 13.2 Å². The Morgan fingerprint density at radius 2 is 1.88 bits per heavy atom. The molecule has 4 nitrogen and oxygen atoms in total. The van der Waals surface area contributed by atoms with E-state index in [4.69, 9.17) is 9.47 Å². The van der Waals surface area contributed by atoms with E-state index >= 15 is 0 Å². The Balaban J connectivity index is 1.66. The summed E-state index contributed by atoms with van der Waals surface area (Å²) < 4.78 is 11.0. The maximum atomic E-state index is 12.7. The molecule has 1 aliphatic rings. The molecule has 0 saturated carbocycles. The molecule has 2 atom stereocenters. The number of carbonyl (C=O) groups excluding carboxylic acids is 1. The Morgan fingerprint density at radius 1 is 1.16 bits per heavy atom. The molecular formula is C21H25NO3. The number of benzene rings is 2. The highest BCUT2D eigenvalue weighted by molar-refractivity contribution is 5.81. The Kier molecular flexibility index (Phi) is 5.59. The summed E-state index contributed by atoms with van der Waals surface area (Å²) in [5.74, 6) is 1.38. The van der Waals surface area contributed by atoms with Crippen molar-refractivity contribution < 1.29 is 14.3 Å². The Morgan fingerprint density at radius 3 is 2.60 bits per heavy atom. The van der Waals surface area contributed by atoms with E-state index in [0.717, 1.165) is 25.0 Å². The Hall–Kier alpha value is -2.49. The molecule has 132 valence electrons. The number of rotatable bonds is 6. The summed E-state index contributed by atoms with van der Waals surface area (Å²) in [5.41, 5.74) is 2.57. The fraction of sp³-hybridized carbons (Fsp3) is 0.381. The predicted octanol–water partition coefficient (Wildman–Crippen LogP) is 4.05. The van der Waals surface area contributed by atoms with E-state index in [2.05, 4.69) is 23.5 Å². The summed E-state index contributed by atoms with van der Waals surface area (Å²) in [7, 11) is 1.63. The van der Waals surface area contributed by atoms with Crippen LogP contribution >= 0.6 is 0 Å². The molecule has 4 heteroatoms. The molecular weight excluding hydrogens is 314 g/mol. The van der Waals surface area contributed by atoms with Crippen LogP contribution in [0.2, 0.25) is 0 Å². The van der Waals surface area contributed by atoms with Gasteiger partial charge < -0.3 is 14.8 Å². The van der Waals surface area contributed by atoms with Gasteiger partial charge in [0.25, 0.3) is 5.91 Å². The fourth-order valence-corrected chi connectivity index (χ4v) is 3.31. The van der Waals surface area contributed by atoms with E-state index in [0.29, 0.717) is 12.2 Å². The zero-order valence-corrected chi connectivity index (χ0v) is 14.8. The first-order chi connectivity index (χ1) is 12.2. The largest absolute Gasteiger partial charge is 0.497 e. The van der Waals surface area contributed by atoms with E-state index in [1.807, 2.05) is 37.3 Å². The van der Waals surface area contributed by atoms with Gasteiger partial charge in [0, 0.05) is 0 Å². The van der Waals surface area contributed by atoms with Crippen LogP contribution in [0, 0.1) is 0 Å². The average molecular weight is 339 g/mol. The van der Waals surface area contributed by atoms with Crippen LogP contribution < -0.4 is 14.8 Å². The topological polar surface area (TPSA) is 47.6 Å². The lowest BCUT2D eigenvalue weighted by molar-refractivity contribution is -0.129. The van der Waals surface area contributed by atoms with Crippen LogP contribution in [0.1, 0.15) is 43.4 Å². The number of ether oxygens (including phenoxy) is 2. The van der Waals surface area contributed by atoms with Crippen molar-refractivity contribution in [1.82, 2.24) is 5.32 Å². The van der Waals surface area contributed by atoms with Gasteiger partial charge in [-0.25, -0.2) is 0 Å². The molecule has 0 unspecified atom stereocenters. The first-order valence-corrected chi connectivity index (χ1v) is 8.90. The van der Waals surface area contributed by atoms with Crippen molar-refractivity contribution in [1.29, 1.82) is 0 Å². The smallest absolute Gasteiger partial charge is 0.261 e. The number of aryl methyl sites for hydroxylation is 1. The standard InChI is InChI=1S/C21H25NO3/c1-3-20(25-17-13-11-16(24-2)12-14-17)21(23)22-19-10-6-8-15-7-4-5-9-18(15)19/h4-5,7,9,11-14,19-20H,3,6,8,10H2,1-2H3,(H,22,23)/t19-,20-/m1/s1. The molecule has 2 aromatic carbocycles. The SMILES string of the molecule is CC[C@@H](Oc1ccc(OC)cc1)C(=O)N[C@@H]1CCCc2ccccc21. The van der Waals surface area contributed by atoms with Gasteiger partial charge in [0.2, 0.25) is 0 Å². The van der Waals surface area contributed by atoms with Crippen molar-refractivity contribution in [3.63, 3.8) is 0 Å². The summed E-state index contributed by atoms with van der Waals surface area (Å²) in [6, 6.07) is 15.7. The second kappa shape index (κ2) is 8.06. The van der Waals surface area contributed by atoms with Crippen molar-refractivity contribution in [2.75, 3.05) is 7.11 Å². The lowest BCUT2D eigenvalue weighted by atomic mass is 9.87. The number of amides is 1. The maximum Gasteiger partial charge on any atom is 0.261 e. The minimum atomic E-state index is -0.498. The van der Waals surface area contributed by atoms with Crippen molar-refractivity contribution in [2.24, 2.45) is 0 Å². The first kappa shape index (κ1) is 17.3. The number of hydrogen-bond acceptors (Lipinski definition) is 3. The Bertz CT molecular complexity index is 711. The molecule has 25 heavy (non-hydrogen) atoms. The van der Waals surface area contributed by atoms with Crippen LogP contribution in [0.3, 0.4) is 0 Å². The Labute approximate surface area is 149 Å². The van der Waals surface area contributed by atoms with Crippen LogP contribution in [-0.4, -0.2) is 19.1 Å². The lowest BCUT2D eigenvalue weighted by Crippen LogP contribution is -2.40. The number of carbonyl (C=O) groups is 1. The molecule has 2 aromatic rings. The summed E-state index contributed by atoms with van der Waals surface area (Å²) >= 11 is 0. The highest BCUT2D eigenvalue weighted by Gasteiger charge is 2.25. The number of hydrogen-bond donors (Lipinski definition) is 1. The van der Waals surface area contributed by atoms with E-state index in [9.17, 15) is 4.79 Å². The molecule has 0 fully saturated rings. The van der Waals surface area contributed by atoms with E-state index in [1.165, 1.54) is 11.1 Å². The van der Waals surface area contributed by atoms with Crippen molar-refractivity contribution in [3.8, 4) is 11.5 Å². The van der Waals surface area contributed by atoms with Gasteiger partial charge in [-0.05, 0) is 61.1 Å². The average Bonchev–Trinajstić information content (AvgIpc) is 2.66. The molecule has 0 aliphatic heterocycles. The molecule has 1 amide bonds. The third-order valence-corrected chi connectivity index (χ3v) is 4.69. The van der Waals surface area contributed by atoms with Crippen molar-refractivity contribution >= 4 is 5.91 Å². The van der Waals surface area contributed by atoms with Gasteiger partial charge in [-0.2, -0.15) is 0 Å². The lowest BCUT2D eigenvalue weighted by Gasteiger charge is -2.28. The van der Waals surface area contributed by atoms with Gasteiger partial charge >= 0.3 is 0 Å². The minimum absolute atomic E-state index is 0.0555. The monoisotopic (exact) mass is 339 g/mol. The summed E-state index contributed by atoms with van der Waals surface area (Å²) in [4.78, 5) is 12.7. The van der Waals surface area contributed by atoms with E-state index < -0.39 is 6.10 Å². The van der Waals surface area contributed by atoms with Crippen LogP contribution in [0.25, 0.3) is 0 Å². The maximum absolute atomic E-state index is 12.7. The molecule has 3 rings (SSSR count). The highest BCUT2D eigenvalue weighted by Crippen LogP contribution is 2.29. The van der Waals surface area contributed by atoms with Crippen LogP contribution in [-0.2, 0) is 11.2 Å². The molecule has 0 aromatic heterocycles. The number of methoxy groups -OCH3 is 1. The van der Waals surface area contributed by atoms with Gasteiger partial charge in [0.15, 0.2) is 6.10 Å². The minimum Gasteiger partial charge on any atom is -0.497 e. The molecule has 0 radical (unpaired) electrons. The molecule has 0 heterocycles. The zero-order chi connectivity index (χ0) is 17.6. The molecule has 0 spiro atoms. The van der Waals surface area contributed by atoms with Crippen molar-refractivity contribution in [2.45, 2.75) is 44.8 Å². The van der Waals surface area contributed by atoms with Gasteiger partial charge in [-0.3, -0.25) is 4.79 Å². The summed E-state index contributed by atoms with van der Waals surface area (Å²) in [6.07, 6.45) is 3.27. The van der Waals surface area contributed by atoms with Crippen LogP contribution in [0.15, 0.2) is 48.5 Å². The summed E-state index contributed by atoms with van der Waals surface area (Å²) in [6.45, 7) is 1.96. The first-order valence-electron chi connectivity index (χ1n) is 8.90. The normalized spacial score (nSPS) is 17.3. The van der Waals surface area contributed by atoms with Crippen LogP contribution in [0.4, 0.5) is 0 Å². The molecule has 1 aliphatic carbocycles. The molecule has 0 saturated heterocycles. The second-order valence-corrected chi connectivity index (χ2v) is 6.34. The van der Waals surface area contributed by atoms with Gasteiger partial charge in [-0.15, -0.1) is 0 Å². The van der Waals surface area contributed by atoms with Gasteiger partial charge in [-0.1, -0.05) is 31.2 Å². The quantitative estimate of drug-likeness (QED) is 0.864. The summed E-state index contributed by atoms with van der Waals surface area (Å²) in [5, 5.41) is 3.18. The zero-order valence-electron chi connectivity index (χ0n) is 14.8. The third-order valence-electron chi connectivity index (χ3n) is 4.69. The number of fused-ring (bicyclic) bond motifs is 1. The van der Waals surface area contributed by atoms with E-state index in [-0.39, 0.29) is 11.9 Å². The third kappa shape index (κ3) is 4.13. The predicted molar refractivity (Wildman–Crippen MR) is 98.0 cm³/mol. The van der Waals surface area contributed by atoms with Gasteiger partial charge in [0.1, 0.15) is 11.5 Å². The molecule has 1 N–H and O–H groups in total. The second-order valence-electron chi connectivity index (χ2n) is 6.34. The number of nitrogens with one attached hydrogen (secondary N) is 1. The van der Waals surface area contributed by atoms with E-state index in [1.54, 1.807) is 7.11 Å².